The molecule has 0 radical (unpaired) electrons. The van der Waals surface area contributed by atoms with Crippen LogP contribution in [0.25, 0.3) is 0 Å². The summed E-state index contributed by atoms with van der Waals surface area (Å²) in [6.07, 6.45) is 5.28. The number of pyridine rings is 1. The first-order valence-electron chi connectivity index (χ1n) is 9.59. The Morgan fingerprint density at radius 1 is 1.25 bits per heavy atom. The van der Waals surface area contributed by atoms with Gasteiger partial charge >= 0.3 is 5.97 Å². The molecule has 0 saturated carbocycles. The molecule has 0 N–H and O–H groups in total. The molecular formula is C23H30N2O3. The first kappa shape index (κ1) is 21.5. The highest BCUT2D eigenvalue weighted by Crippen LogP contribution is 2.35. The molecule has 0 aliphatic carbocycles. The van der Waals surface area contributed by atoms with Gasteiger partial charge in [0.15, 0.2) is 0 Å². The number of nitrogens with zero attached hydrogens (tertiary/aromatic N) is 2. The maximum absolute atomic E-state index is 12.2. The van der Waals surface area contributed by atoms with Gasteiger partial charge in [-0.15, -0.1) is 0 Å². The van der Waals surface area contributed by atoms with Crippen LogP contribution in [0, 0.1) is 0 Å². The zero-order chi connectivity index (χ0) is 20.7. The number of methoxy groups -OCH3 is 1. The molecule has 1 aromatic carbocycles. The summed E-state index contributed by atoms with van der Waals surface area (Å²) in [5, 5.41) is 0. The molecule has 0 aliphatic heterocycles. The molecule has 1 heterocycles. The van der Waals surface area contributed by atoms with E-state index in [1.165, 1.54) is 12.7 Å². The minimum Gasteiger partial charge on any atom is -0.489 e. The third kappa shape index (κ3) is 5.12. The predicted octanol–water partition coefficient (Wildman–Crippen LogP) is 5.49. The van der Waals surface area contributed by atoms with Crippen molar-refractivity contribution in [2.24, 2.45) is 0 Å². The number of benzene rings is 1. The fourth-order valence-electron chi connectivity index (χ4n) is 2.97. The minimum absolute atomic E-state index is 0.345. The van der Waals surface area contributed by atoms with Crippen LogP contribution in [0.4, 0.5) is 11.4 Å². The maximum atomic E-state index is 12.2. The van der Waals surface area contributed by atoms with Crippen molar-refractivity contribution in [2.75, 3.05) is 25.2 Å². The number of hydrogen-bond donors (Lipinski definition) is 0. The van der Waals surface area contributed by atoms with Crippen LogP contribution in [0.5, 0.6) is 5.75 Å². The fourth-order valence-corrected chi connectivity index (χ4v) is 2.97. The number of aromatic nitrogens is 1. The van der Waals surface area contributed by atoms with Gasteiger partial charge in [0.25, 0.3) is 0 Å². The van der Waals surface area contributed by atoms with E-state index in [9.17, 15) is 4.79 Å². The average Bonchev–Trinajstić information content (AvgIpc) is 2.68. The van der Waals surface area contributed by atoms with Gasteiger partial charge in [0, 0.05) is 30.7 Å². The molecule has 5 heteroatoms. The topological polar surface area (TPSA) is 51.7 Å². The Hall–Kier alpha value is -2.82. The lowest BCUT2D eigenvalue weighted by Gasteiger charge is -2.26. The van der Waals surface area contributed by atoms with E-state index in [1.807, 2.05) is 19.1 Å². The summed E-state index contributed by atoms with van der Waals surface area (Å²) in [4.78, 5) is 18.3. The second kappa shape index (κ2) is 9.93. The van der Waals surface area contributed by atoms with Gasteiger partial charge < -0.3 is 14.4 Å². The number of ether oxygens (including phenoxy) is 2. The molecule has 2 aromatic rings. The van der Waals surface area contributed by atoms with Crippen molar-refractivity contribution in [1.29, 1.82) is 0 Å². The molecule has 5 nitrogen and oxygen atoms in total. The molecule has 28 heavy (non-hydrogen) atoms. The average molecular weight is 383 g/mol. The maximum Gasteiger partial charge on any atom is 0.341 e. The van der Waals surface area contributed by atoms with Crippen LogP contribution in [0.1, 0.15) is 56.5 Å². The van der Waals surface area contributed by atoms with Crippen molar-refractivity contribution in [3.63, 3.8) is 0 Å². The Morgan fingerprint density at radius 2 is 2.00 bits per heavy atom. The van der Waals surface area contributed by atoms with E-state index in [0.717, 1.165) is 22.7 Å². The summed E-state index contributed by atoms with van der Waals surface area (Å²) in [6.45, 7) is 11.7. The standard InChI is InChI=1S/C23H30N2O3/c1-7-25(21-10-12-24-15-20(21)23(26)27-6)18-8-9-19(17(4)5)22(14-18)28-13-11-16(2)3/h8-12,14-15,17H,7,13H2,1-6H3. The lowest BCUT2D eigenvalue weighted by Crippen LogP contribution is -2.20. The van der Waals surface area contributed by atoms with Gasteiger partial charge in [-0.2, -0.15) is 0 Å². The number of carbonyl (C=O) groups excluding carboxylic acids is 1. The third-order valence-electron chi connectivity index (χ3n) is 4.47. The molecule has 1 aromatic heterocycles. The number of esters is 1. The van der Waals surface area contributed by atoms with Crippen molar-refractivity contribution in [3.05, 3.63) is 59.4 Å². The highest BCUT2D eigenvalue weighted by molar-refractivity contribution is 5.96. The summed E-state index contributed by atoms with van der Waals surface area (Å²) in [7, 11) is 1.38. The third-order valence-corrected chi connectivity index (χ3v) is 4.47. The number of hydrogen-bond acceptors (Lipinski definition) is 5. The van der Waals surface area contributed by atoms with Crippen LogP contribution in [0.2, 0.25) is 0 Å². The first-order valence-corrected chi connectivity index (χ1v) is 9.59. The van der Waals surface area contributed by atoms with Gasteiger partial charge in [-0.25, -0.2) is 4.79 Å². The van der Waals surface area contributed by atoms with E-state index in [4.69, 9.17) is 9.47 Å². The summed E-state index contributed by atoms with van der Waals surface area (Å²) >= 11 is 0. The Bertz CT molecular complexity index is 839. The van der Waals surface area contributed by atoms with Crippen molar-refractivity contribution < 1.29 is 14.3 Å². The van der Waals surface area contributed by atoms with E-state index < -0.39 is 5.97 Å². The van der Waals surface area contributed by atoms with Gasteiger partial charge in [0.2, 0.25) is 0 Å². The Balaban J connectivity index is 2.47. The Kier molecular flexibility index (Phi) is 7.61. The quantitative estimate of drug-likeness (QED) is 0.446. The van der Waals surface area contributed by atoms with Crippen LogP contribution in [-0.4, -0.2) is 31.2 Å². The summed E-state index contributed by atoms with van der Waals surface area (Å²) in [5.74, 6) is 0.801. The van der Waals surface area contributed by atoms with Gasteiger partial charge in [-0.05, 0) is 50.5 Å². The Labute approximate surface area is 168 Å². The molecule has 0 saturated heterocycles. The van der Waals surface area contributed by atoms with E-state index >= 15 is 0 Å². The molecule has 0 bridgehead atoms. The fraction of sp³-hybridized carbons (Fsp3) is 0.391. The monoisotopic (exact) mass is 382 g/mol. The van der Waals surface area contributed by atoms with Crippen LogP contribution in [0.3, 0.4) is 0 Å². The molecule has 150 valence electrons. The number of anilines is 2. The number of rotatable bonds is 8. The molecule has 0 unspecified atom stereocenters. The SMILES string of the molecule is CCN(c1ccc(C(C)C)c(OCC=C(C)C)c1)c1ccncc1C(=O)OC. The van der Waals surface area contributed by atoms with Crippen molar-refractivity contribution >= 4 is 17.3 Å². The van der Waals surface area contributed by atoms with Gasteiger partial charge in [-0.1, -0.05) is 25.5 Å². The number of allylic oxidation sites excluding steroid dienone is 1. The minimum atomic E-state index is -0.402. The lowest BCUT2D eigenvalue weighted by molar-refractivity contribution is 0.0601. The molecule has 0 amide bonds. The van der Waals surface area contributed by atoms with E-state index in [-0.39, 0.29) is 0 Å². The summed E-state index contributed by atoms with van der Waals surface area (Å²) in [6, 6.07) is 8.03. The lowest BCUT2D eigenvalue weighted by atomic mass is 10.0. The zero-order valence-corrected chi connectivity index (χ0v) is 17.7. The highest BCUT2D eigenvalue weighted by atomic mass is 16.5. The first-order chi connectivity index (χ1) is 13.4. The van der Waals surface area contributed by atoms with Crippen molar-refractivity contribution in [1.82, 2.24) is 4.98 Å². The largest absolute Gasteiger partial charge is 0.489 e. The second-order valence-corrected chi connectivity index (χ2v) is 7.10. The predicted molar refractivity (Wildman–Crippen MR) is 114 cm³/mol. The molecule has 0 aliphatic rings. The van der Waals surface area contributed by atoms with Crippen molar-refractivity contribution in [2.45, 2.75) is 40.5 Å². The highest BCUT2D eigenvalue weighted by Gasteiger charge is 2.19. The van der Waals surface area contributed by atoms with Crippen LogP contribution < -0.4 is 9.64 Å². The molecule has 0 fully saturated rings. The van der Waals surface area contributed by atoms with Crippen LogP contribution >= 0.6 is 0 Å². The van der Waals surface area contributed by atoms with E-state index in [0.29, 0.717) is 24.6 Å². The molecular weight excluding hydrogens is 352 g/mol. The van der Waals surface area contributed by atoms with Crippen LogP contribution in [-0.2, 0) is 4.74 Å². The van der Waals surface area contributed by atoms with E-state index in [1.54, 1.807) is 12.4 Å². The Morgan fingerprint density at radius 3 is 2.61 bits per heavy atom. The number of carbonyl (C=O) groups is 1. The molecule has 0 atom stereocenters. The normalized spacial score (nSPS) is 10.5. The van der Waals surface area contributed by atoms with Gasteiger partial charge in [0.05, 0.1) is 12.8 Å². The van der Waals surface area contributed by atoms with Gasteiger partial charge in [0.1, 0.15) is 17.9 Å². The zero-order valence-electron chi connectivity index (χ0n) is 17.7. The van der Waals surface area contributed by atoms with Gasteiger partial charge in [-0.3, -0.25) is 4.98 Å². The molecule has 0 spiro atoms. The van der Waals surface area contributed by atoms with Crippen LogP contribution in [0.15, 0.2) is 48.3 Å². The second-order valence-electron chi connectivity index (χ2n) is 7.10. The smallest absolute Gasteiger partial charge is 0.341 e. The summed E-state index contributed by atoms with van der Waals surface area (Å²) in [5.41, 5.74) is 4.53. The molecule has 2 rings (SSSR count). The van der Waals surface area contributed by atoms with E-state index in [2.05, 4.69) is 55.8 Å². The van der Waals surface area contributed by atoms with Crippen molar-refractivity contribution in [3.8, 4) is 5.75 Å². The summed E-state index contributed by atoms with van der Waals surface area (Å²) < 4.78 is 11.0.